The lowest BCUT2D eigenvalue weighted by Gasteiger charge is -2.32. The Balaban J connectivity index is 0.000000414. The first-order chi connectivity index (χ1) is 15.9. The summed E-state index contributed by atoms with van der Waals surface area (Å²) in [5.41, 5.74) is 3.95. The van der Waals surface area contributed by atoms with Crippen LogP contribution in [0.3, 0.4) is 0 Å². The van der Waals surface area contributed by atoms with E-state index in [1.165, 1.54) is 36.0 Å². The van der Waals surface area contributed by atoms with Gasteiger partial charge in [-0.05, 0) is 49.4 Å². The summed E-state index contributed by atoms with van der Waals surface area (Å²) in [5.74, 6) is -2.51. The van der Waals surface area contributed by atoms with Crippen LogP contribution >= 0.6 is 0 Å². The molecule has 1 atom stereocenters. The fraction of sp³-hybridized carbons (Fsp3) is 0.407. The number of nitrogens with zero attached hydrogens (tertiary/aromatic N) is 1. The number of benzene rings is 2. The fourth-order valence-electron chi connectivity index (χ4n) is 3.67. The second-order valence-electron chi connectivity index (χ2n) is 8.28. The topological polar surface area (TPSA) is 87.1 Å². The van der Waals surface area contributed by atoms with Crippen LogP contribution in [0.5, 0.6) is 0 Å². The molecule has 0 saturated carbocycles. The van der Waals surface area contributed by atoms with Gasteiger partial charge in [-0.15, -0.1) is 0 Å². The first-order valence-corrected chi connectivity index (χ1v) is 11.5. The maximum Gasteiger partial charge on any atom is 0.328 e. The van der Waals surface area contributed by atoms with E-state index >= 15 is 0 Å². The molecule has 6 heteroatoms. The lowest BCUT2D eigenvalue weighted by atomic mass is 9.98. The standard InChI is InChI=1S/C23H31NO.C4H4O4/c1-3-4-8-19-11-13-21(14-12-19)23(20-9-6-5-7-10-20)25-22-15-17-24(2)18-16-22;5-3(6)1-2-4(7)8/h5-7,9-14,22-23H,3-4,8,15-18H2,1-2H3;1-2H,(H,5,6)(H,7,8)/b;2-1+. The molecule has 6 nitrogen and oxygen atoms in total. The van der Waals surface area contributed by atoms with Crippen LogP contribution in [0.1, 0.15) is 55.4 Å². The van der Waals surface area contributed by atoms with Gasteiger partial charge in [-0.25, -0.2) is 9.59 Å². The normalized spacial score (nSPS) is 15.6. The molecule has 0 amide bonds. The third-order valence-corrected chi connectivity index (χ3v) is 5.57. The van der Waals surface area contributed by atoms with E-state index in [0.717, 1.165) is 25.9 Å². The molecule has 1 heterocycles. The Morgan fingerprint density at radius 3 is 2.03 bits per heavy atom. The lowest BCUT2D eigenvalue weighted by Crippen LogP contribution is -2.35. The van der Waals surface area contributed by atoms with Crippen molar-refractivity contribution in [2.75, 3.05) is 20.1 Å². The molecule has 1 fully saturated rings. The van der Waals surface area contributed by atoms with Crippen LogP contribution in [0, 0.1) is 0 Å². The van der Waals surface area contributed by atoms with Gasteiger partial charge < -0.3 is 19.8 Å². The maximum absolute atomic E-state index is 9.55. The van der Waals surface area contributed by atoms with E-state index in [4.69, 9.17) is 14.9 Å². The number of unbranched alkanes of at least 4 members (excludes halogenated alkanes) is 1. The lowest BCUT2D eigenvalue weighted by molar-refractivity contribution is -0.134. The van der Waals surface area contributed by atoms with Crippen LogP contribution in [0.2, 0.25) is 0 Å². The van der Waals surface area contributed by atoms with Crippen molar-refractivity contribution in [2.45, 2.75) is 51.2 Å². The molecule has 1 saturated heterocycles. The minimum atomic E-state index is -1.26. The number of carboxylic acids is 2. The van der Waals surface area contributed by atoms with Gasteiger partial charge in [0.15, 0.2) is 0 Å². The van der Waals surface area contributed by atoms with E-state index in [0.29, 0.717) is 18.3 Å². The van der Waals surface area contributed by atoms with Crippen molar-refractivity contribution >= 4 is 11.9 Å². The van der Waals surface area contributed by atoms with Crippen molar-refractivity contribution in [2.24, 2.45) is 0 Å². The number of ether oxygens (including phenoxy) is 1. The Labute approximate surface area is 196 Å². The second kappa shape index (κ2) is 14.2. The molecule has 0 spiro atoms. The van der Waals surface area contributed by atoms with E-state index in [2.05, 4.69) is 73.5 Å². The molecule has 2 N–H and O–H groups in total. The van der Waals surface area contributed by atoms with E-state index in [1.54, 1.807) is 0 Å². The Hall–Kier alpha value is -2.96. The Kier molecular flexibility index (Phi) is 11.3. The molecule has 2 aromatic rings. The number of carboxylic acid groups (broad SMARTS) is 2. The highest BCUT2D eigenvalue weighted by molar-refractivity contribution is 5.89. The number of carbonyl (C=O) groups is 2. The van der Waals surface area contributed by atoms with Gasteiger partial charge in [0.25, 0.3) is 0 Å². The van der Waals surface area contributed by atoms with Crippen molar-refractivity contribution < 1.29 is 24.5 Å². The number of aliphatic carboxylic acids is 2. The molecule has 0 bridgehead atoms. The monoisotopic (exact) mass is 453 g/mol. The fourth-order valence-corrected chi connectivity index (χ4v) is 3.67. The SMILES string of the molecule is CCCCc1ccc(C(OC2CCN(C)CC2)c2ccccc2)cc1.O=C(O)/C=C/C(=O)O. The summed E-state index contributed by atoms with van der Waals surface area (Å²) in [6.07, 6.45) is 7.41. The van der Waals surface area contributed by atoms with Gasteiger partial charge in [-0.2, -0.15) is 0 Å². The highest BCUT2D eigenvalue weighted by Gasteiger charge is 2.23. The zero-order valence-electron chi connectivity index (χ0n) is 19.5. The Morgan fingerprint density at radius 1 is 0.970 bits per heavy atom. The minimum Gasteiger partial charge on any atom is -0.478 e. The zero-order valence-corrected chi connectivity index (χ0v) is 19.5. The summed E-state index contributed by atoms with van der Waals surface area (Å²) in [6.45, 7) is 4.50. The molecule has 1 aliphatic rings. The average molecular weight is 454 g/mol. The van der Waals surface area contributed by atoms with E-state index in [1.807, 2.05) is 0 Å². The smallest absolute Gasteiger partial charge is 0.328 e. The molecule has 0 radical (unpaired) electrons. The van der Waals surface area contributed by atoms with Crippen LogP contribution in [0.15, 0.2) is 66.7 Å². The summed E-state index contributed by atoms with van der Waals surface area (Å²) in [7, 11) is 2.19. The summed E-state index contributed by atoms with van der Waals surface area (Å²) < 4.78 is 6.61. The molecular formula is C27H35NO5. The summed E-state index contributed by atoms with van der Waals surface area (Å²) in [4.78, 5) is 21.5. The average Bonchev–Trinajstić information content (AvgIpc) is 2.82. The minimum absolute atomic E-state index is 0.0369. The number of rotatable bonds is 9. The van der Waals surface area contributed by atoms with Crippen LogP contribution < -0.4 is 0 Å². The predicted molar refractivity (Wildman–Crippen MR) is 129 cm³/mol. The number of aryl methyl sites for hydroxylation is 1. The molecule has 2 aromatic carbocycles. The van der Waals surface area contributed by atoms with Crippen molar-refractivity contribution in [1.82, 2.24) is 4.90 Å². The van der Waals surface area contributed by atoms with E-state index < -0.39 is 11.9 Å². The molecule has 33 heavy (non-hydrogen) atoms. The number of hydrogen-bond acceptors (Lipinski definition) is 4. The Morgan fingerprint density at radius 2 is 1.52 bits per heavy atom. The molecule has 0 aliphatic carbocycles. The molecule has 3 rings (SSSR count). The van der Waals surface area contributed by atoms with Crippen LogP contribution in [0.25, 0.3) is 0 Å². The molecule has 178 valence electrons. The van der Waals surface area contributed by atoms with Gasteiger partial charge in [0.05, 0.1) is 6.10 Å². The van der Waals surface area contributed by atoms with Gasteiger partial charge in [0, 0.05) is 25.2 Å². The highest BCUT2D eigenvalue weighted by Crippen LogP contribution is 2.30. The van der Waals surface area contributed by atoms with Crippen molar-refractivity contribution in [3.05, 3.63) is 83.4 Å². The molecular weight excluding hydrogens is 418 g/mol. The summed E-state index contributed by atoms with van der Waals surface area (Å²) in [6, 6.07) is 19.7. The van der Waals surface area contributed by atoms with Crippen molar-refractivity contribution in [1.29, 1.82) is 0 Å². The van der Waals surface area contributed by atoms with E-state index in [-0.39, 0.29) is 6.10 Å². The van der Waals surface area contributed by atoms with Gasteiger partial charge in [0.2, 0.25) is 0 Å². The van der Waals surface area contributed by atoms with Crippen LogP contribution in [0.4, 0.5) is 0 Å². The first-order valence-electron chi connectivity index (χ1n) is 11.5. The molecule has 1 aliphatic heterocycles. The number of piperidine rings is 1. The van der Waals surface area contributed by atoms with Crippen LogP contribution in [-0.2, 0) is 20.7 Å². The summed E-state index contributed by atoms with van der Waals surface area (Å²) in [5, 5.41) is 15.6. The largest absolute Gasteiger partial charge is 0.478 e. The van der Waals surface area contributed by atoms with Gasteiger partial charge in [0.1, 0.15) is 6.10 Å². The van der Waals surface area contributed by atoms with Gasteiger partial charge in [-0.1, -0.05) is 67.9 Å². The van der Waals surface area contributed by atoms with Gasteiger partial charge in [-0.3, -0.25) is 0 Å². The van der Waals surface area contributed by atoms with Crippen LogP contribution in [-0.4, -0.2) is 53.3 Å². The first kappa shape index (κ1) is 26.3. The quantitative estimate of drug-likeness (QED) is 0.523. The van der Waals surface area contributed by atoms with Crippen molar-refractivity contribution in [3.8, 4) is 0 Å². The third kappa shape index (κ3) is 10.0. The predicted octanol–water partition coefficient (Wildman–Crippen LogP) is 4.94. The zero-order chi connectivity index (χ0) is 24.1. The van der Waals surface area contributed by atoms with E-state index in [9.17, 15) is 9.59 Å². The van der Waals surface area contributed by atoms with Crippen molar-refractivity contribution in [3.63, 3.8) is 0 Å². The number of hydrogen-bond donors (Lipinski definition) is 2. The third-order valence-electron chi connectivity index (χ3n) is 5.57. The number of likely N-dealkylation sites (tertiary alicyclic amines) is 1. The molecule has 0 aromatic heterocycles. The second-order valence-corrected chi connectivity index (χ2v) is 8.28. The highest BCUT2D eigenvalue weighted by atomic mass is 16.5. The maximum atomic E-state index is 9.55. The molecule has 1 unspecified atom stereocenters. The summed E-state index contributed by atoms with van der Waals surface area (Å²) >= 11 is 0. The Bertz CT molecular complexity index is 855. The van der Waals surface area contributed by atoms with Gasteiger partial charge >= 0.3 is 11.9 Å².